The topological polar surface area (TPSA) is 162 Å². The van der Waals surface area contributed by atoms with E-state index in [0.717, 1.165) is 18.7 Å². The number of hydrogen-bond acceptors (Lipinski definition) is 9. The molecule has 4 N–H and O–H groups in total. The molecule has 12 nitrogen and oxygen atoms in total. The summed E-state index contributed by atoms with van der Waals surface area (Å²) in [5.41, 5.74) is 4.00. The van der Waals surface area contributed by atoms with Crippen molar-refractivity contribution in [3.63, 3.8) is 0 Å². The standard InChI is InChI=1S/C22H20FN7O5/c1-22(33,21(32)26-12-10-14(23)17-15(11-12)35-28-19(17)24)18-20(31)29(8-9-34-18)16-4-7-30(27-16)13-2-5-25-6-3-13/h2-7,10-11,18,33H,8-9H2,1H3,(H2,24,28)(H,26,32)/t18-,22+/m0/s1. The van der Waals surface area contributed by atoms with Crippen molar-refractivity contribution in [2.24, 2.45) is 0 Å². The summed E-state index contributed by atoms with van der Waals surface area (Å²) in [6.45, 7) is 1.38. The predicted molar refractivity (Wildman–Crippen MR) is 121 cm³/mol. The molecule has 0 spiro atoms. The van der Waals surface area contributed by atoms with Crippen LogP contribution in [0.25, 0.3) is 16.7 Å². The molecule has 1 saturated heterocycles. The smallest absolute Gasteiger partial charge is 0.260 e. The molecule has 0 radical (unpaired) electrons. The second-order valence-electron chi connectivity index (χ2n) is 8.07. The first kappa shape index (κ1) is 22.4. The van der Waals surface area contributed by atoms with E-state index in [2.05, 4.69) is 20.6 Å². The molecule has 1 aromatic carbocycles. The van der Waals surface area contributed by atoms with Crippen molar-refractivity contribution in [3.8, 4) is 5.69 Å². The number of benzene rings is 1. The first-order chi connectivity index (χ1) is 16.8. The maximum absolute atomic E-state index is 14.4. The first-order valence-corrected chi connectivity index (χ1v) is 10.5. The van der Waals surface area contributed by atoms with Gasteiger partial charge in [-0.1, -0.05) is 5.16 Å². The Bertz CT molecular complexity index is 1420. The number of halogens is 1. The first-order valence-electron chi connectivity index (χ1n) is 10.5. The Morgan fingerprint density at radius 2 is 2.09 bits per heavy atom. The molecule has 1 aliphatic rings. The number of nitrogens with two attached hydrogens (primary N) is 1. The van der Waals surface area contributed by atoms with E-state index in [0.29, 0.717) is 5.82 Å². The Labute approximate surface area is 197 Å². The van der Waals surface area contributed by atoms with Crippen LogP contribution in [-0.4, -0.2) is 61.7 Å². The number of rotatable bonds is 5. The lowest BCUT2D eigenvalue weighted by atomic mass is 9.95. The van der Waals surface area contributed by atoms with Gasteiger partial charge in [-0.3, -0.25) is 19.5 Å². The minimum atomic E-state index is -2.30. The Morgan fingerprint density at radius 3 is 2.86 bits per heavy atom. The van der Waals surface area contributed by atoms with Crippen LogP contribution in [0.15, 0.2) is 53.4 Å². The Balaban J connectivity index is 1.35. The van der Waals surface area contributed by atoms with Gasteiger partial charge in [0.05, 0.1) is 18.8 Å². The SMILES string of the molecule is C[C@](O)(C(=O)Nc1cc(F)c2c(N)noc2c1)[C@H]1OCCN(c2ccn(-c3ccncc3)n2)C1=O. The zero-order chi connectivity index (χ0) is 24.7. The van der Waals surface area contributed by atoms with Gasteiger partial charge in [-0.15, -0.1) is 5.10 Å². The van der Waals surface area contributed by atoms with E-state index < -0.39 is 29.3 Å². The van der Waals surface area contributed by atoms with E-state index >= 15 is 0 Å². The van der Waals surface area contributed by atoms with E-state index in [-0.39, 0.29) is 35.6 Å². The van der Waals surface area contributed by atoms with Gasteiger partial charge < -0.3 is 25.4 Å². The number of hydrogen-bond donors (Lipinski definition) is 3. The van der Waals surface area contributed by atoms with Gasteiger partial charge in [0, 0.05) is 36.4 Å². The largest absolute Gasteiger partial charge is 0.380 e. The van der Waals surface area contributed by atoms with E-state index in [4.69, 9.17) is 15.0 Å². The summed E-state index contributed by atoms with van der Waals surface area (Å²) in [6.07, 6.45) is 3.37. The summed E-state index contributed by atoms with van der Waals surface area (Å²) in [5, 5.41) is 21.3. The number of carbonyl (C=O) groups is 2. The summed E-state index contributed by atoms with van der Waals surface area (Å²) >= 11 is 0. The number of pyridine rings is 1. The number of amides is 2. The van der Waals surface area contributed by atoms with Crippen LogP contribution in [0.4, 0.5) is 21.7 Å². The monoisotopic (exact) mass is 481 g/mol. The van der Waals surface area contributed by atoms with Crippen LogP contribution in [0.3, 0.4) is 0 Å². The van der Waals surface area contributed by atoms with Crippen LogP contribution < -0.4 is 16.0 Å². The molecule has 2 amide bonds. The highest BCUT2D eigenvalue weighted by atomic mass is 19.1. The number of ether oxygens (including phenoxy) is 1. The molecular formula is C22H20FN7O5. The lowest BCUT2D eigenvalue weighted by molar-refractivity contribution is -0.165. The molecule has 2 atom stereocenters. The maximum Gasteiger partial charge on any atom is 0.260 e. The van der Waals surface area contributed by atoms with Crippen molar-refractivity contribution < 1.29 is 28.3 Å². The molecule has 1 aliphatic heterocycles. The summed E-state index contributed by atoms with van der Waals surface area (Å²) in [4.78, 5) is 31.4. The molecule has 0 aliphatic carbocycles. The molecule has 4 aromatic rings. The van der Waals surface area contributed by atoms with E-state index in [1.807, 2.05) is 0 Å². The highest BCUT2D eigenvalue weighted by molar-refractivity contribution is 6.06. The lowest BCUT2D eigenvalue weighted by Crippen LogP contribution is -2.61. The Morgan fingerprint density at radius 1 is 1.31 bits per heavy atom. The van der Waals surface area contributed by atoms with E-state index in [1.54, 1.807) is 41.5 Å². The van der Waals surface area contributed by atoms with Gasteiger partial charge in [0.2, 0.25) is 0 Å². The summed E-state index contributed by atoms with van der Waals surface area (Å²) in [6, 6.07) is 7.45. The van der Waals surface area contributed by atoms with Gasteiger partial charge in [0.15, 0.2) is 28.9 Å². The van der Waals surface area contributed by atoms with Crippen molar-refractivity contribution in [1.82, 2.24) is 19.9 Å². The van der Waals surface area contributed by atoms with Gasteiger partial charge >= 0.3 is 0 Å². The number of anilines is 3. The number of nitrogens with zero attached hydrogens (tertiary/aromatic N) is 5. The summed E-state index contributed by atoms with van der Waals surface area (Å²) in [5.74, 6) is -2.20. The van der Waals surface area contributed by atoms with E-state index in [9.17, 15) is 19.1 Å². The van der Waals surface area contributed by atoms with Crippen molar-refractivity contribution in [1.29, 1.82) is 0 Å². The molecule has 35 heavy (non-hydrogen) atoms. The van der Waals surface area contributed by atoms with Gasteiger partial charge in [-0.05, 0) is 25.1 Å². The number of aromatic nitrogens is 4. The molecule has 0 bridgehead atoms. The average molecular weight is 481 g/mol. The van der Waals surface area contributed by atoms with Crippen molar-refractivity contribution in [3.05, 3.63) is 54.7 Å². The van der Waals surface area contributed by atoms with Gasteiger partial charge in [0.1, 0.15) is 11.2 Å². The molecule has 0 saturated carbocycles. The van der Waals surface area contributed by atoms with Crippen LogP contribution >= 0.6 is 0 Å². The number of nitrogens with one attached hydrogen (secondary N) is 1. The molecular weight excluding hydrogens is 461 g/mol. The molecule has 13 heteroatoms. The fourth-order valence-electron chi connectivity index (χ4n) is 3.81. The molecule has 180 valence electrons. The van der Waals surface area contributed by atoms with Crippen LogP contribution in [-0.2, 0) is 14.3 Å². The zero-order valence-corrected chi connectivity index (χ0v) is 18.4. The average Bonchev–Trinajstić information content (AvgIpc) is 3.47. The van der Waals surface area contributed by atoms with Gasteiger partial charge in [-0.25, -0.2) is 9.07 Å². The normalized spacial score (nSPS) is 18.0. The third-order valence-corrected chi connectivity index (χ3v) is 5.65. The van der Waals surface area contributed by atoms with Gasteiger partial charge in [-0.2, -0.15) is 0 Å². The minimum absolute atomic E-state index is 0.0124. The number of morpholine rings is 1. The van der Waals surface area contributed by atoms with E-state index in [1.165, 1.54) is 11.0 Å². The van der Waals surface area contributed by atoms with Crippen LogP contribution in [0.2, 0.25) is 0 Å². The minimum Gasteiger partial charge on any atom is -0.380 e. The molecule has 1 fully saturated rings. The van der Waals surface area contributed by atoms with Crippen molar-refractivity contribution in [2.45, 2.75) is 18.6 Å². The quantitative estimate of drug-likeness (QED) is 0.381. The number of nitrogen functional groups attached to an aromatic ring is 1. The number of aliphatic hydroxyl groups is 1. The van der Waals surface area contributed by atoms with Gasteiger partial charge in [0.25, 0.3) is 11.8 Å². The maximum atomic E-state index is 14.4. The second-order valence-corrected chi connectivity index (χ2v) is 8.07. The third-order valence-electron chi connectivity index (χ3n) is 5.65. The third kappa shape index (κ3) is 3.96. The number of carbonyl (C=O) groups excluding carboxylic acids is 2. The van der Waals surface area contributed by atoms with Crippen LogP contribution in [0, 0.1) is 5.82 Å². The highest BCUT2D eigenvalue weighted by Gasteiger charge is 2.49. The zero-order valence-electron chi connectivity index (χ0n) is 18.4. The van der Waals surface area contributed by atoms with Crippen molar-refractivity contribution in [2.75, 3.05) is 29.1 Å². The molecule has 0 unspecified atom stereocenters. The summed E-state index contributed by atoms with van der Waals surface area (Å²) in [7, 11) is 0. The summed E-state index contributed by atoms with van der Waals surface area (Å²) < 4.78 is 26.4. The Hall–Kier alpha value is -4.36. The number of fused-ring (bicyclic) bond motifs is 1. The fourth-order valence-corrected chi connectivity index (χ4v) is 3.81. The van der Waals surface area contributed by atoms with Crippen LogP contribution in [0.5, 0.6) is 0 Å². The molecule has 3 aromatic heterocycles. The van der Waals surface area contributed by atoms with Crippen molar-refractivity contribution >= 4 is 40.1 Å². The lowest BCUT2D eigenvalue weighted by Gasteiger charge is -2.37. The Kier molecular flexibility index (Phi) is 5.42. The second kappa shape index (κ2) is 8.45. The highest BCUT2D eigenvalue weighted by Crippen LogP contribution is 2.29. The molecule has 4 heterocycles. The predicted octanol–water partition coefficient (Wildman–Crippen LogP) is 1.25. The molecule has 5 rings (SSSR count). The fraction of sp³-hybridized carbons (Fsp3) is 0.227. The van der Waals surface area contributed by atoms with Crippen LogP contribution in [0.1, 0.15) is 6.92 Å².